The van der Waals surface area contributed by atoms with Crippen LogP contribution < -0.4 is 9.64 Å². The molecule has 2 heterocycles. The third-order valence-corrected chi connectivity index (χ3v) is 7.04. The lowest BCUT2D eigenvalue weighted by atomic mass is 10.1. The van der Waals surface area contributed by atoms with Crippen molar-refractivity contribution in [3.63, 3.8) is 0 Å². The van der Waals surface area contributed by atoms with Crippen molar-refractivity contribution in [1.82, 2.24) is 14.3 Å². The normalized spacial score (nSPS) is 15.2. The Morgan fingerprint density at radius 3 is 2.30 bits per heavy atom. The number of rotatable bonds is 6. The zero-order valence-electron chi connectivity index (χ0n) is 16.8. The zero-order valence-corrected chi connectivity index (χ0v) is 17.6. The Morgan fingerprint density at radius 1 is 0.933 bits per heavy atom. The van der Waals surface area contributed by atoms with Gasteiger partial charge in [0.2, 0.25) is 10.0 Å². The number of hydrogen-bond donors (Lipinski definition) is 0. The second kappa shape index (κ2) is 8.81. The van der Waals surface area contributed by atoms with E-state index in [0.717, 1.165) is 28.4 Å². The lowest BCUT2D eigenvalue weighted by molar-refractivity contribution is 0.383. The topological polar surface area (TPSA) is 75.6 Å². The standard InChI is InChI=1S/C22H24N4O3S/c1-29-20-9-7-19(8-10-20)21-15-22(24-17-23-21)25-11-13-26(14-12-25)30(27,28)16-18-5-3-2-4-6-18/h2-10,15,17H,11-14,16H2,1H3. The predicted molar refractivity (Wildman–Crippen MR) is 117 cm³/mol. The van der Waals surface area contributed by atoms with Crippen LogP contribution in [0.25, 0.3) is 11.3 Å². The van der Waals surface area contributed by atoms with E-state index in [2.05, 4.69) is 14.9 Å². The Bertz CT molecular complexity index is 1080. The number of sulfonamides is 1. The van der Waals surface area contributed by atoms with E-state index in [1.165, 1.54) is 0 Å². The molecule has 0 bridgehead atoms. The van der Waals surface area contributed by atoms with Gasteiger partial charge in [0, 0.05) is 37.8 Å². The van der Waals surface area contributed by atoms with Crippen molar-refractivity contribution in [3.8, 4) is 17.0 Å². The molecule has 7 nitrogen and oxygen atoms in total. The van der Waals surface area contributed by atoms with Gasteiger partial charge < -0.3 is 9.64 Å². The predicted octanol–water partition coefficient (Wildman–Crippen LogP) is 2.80. The van der Waals surface area contributed by atoms with E-state index in [9.17, 15) is 8.42 Å². The number of ether oxygens (including phenoxy) is 1. The lowest BCUT2D eigenvalue weighted by Gasteiger charge is -2.34. The van der Waals surface area contributed by atoms with Crippen molar-refractivity contribution < 1.29 is 13.2 Å². The van der Waals surface area contributed by atoms with Gasteiger partial charge in [-0.2, -0.15) is 4.31 Å². The Kier molecular flexibility index (Phi) is 5.96. The summed E-state index contributed by atoms with van der Waals surface area (Å²) in [5.41, 5.74) is 2.60. The second-order valence-corrected chi connectivity index (χ2v) is 9.09. The highest BCUT2D eigenvalue weighted by Gasteiger charge is 2.27. The van der Waals surface area contributed by atoms with Crippen LogP contribution in [0.5, 0.6) is 5.75 Å². The first-order valence-electron chi connectivity index (χ1n) is 9.78. The maximum Gasteiger partial charge on any atom is 0.218 e. The quantitative estimate of drug-likeness (QED) is 0.606. The monoisotopic (exact) mass is 424 g/mol. The molecule has 4 rings (SSSR count). The fourth-order valence-corrected chi connectivity index (χ4v) is 5.03. The van der Waals surface area contributed by atoms with Gasteiger partial charge in [-0.1, -0.05) is 30.3 Å². The number of hydrogen-bond acceptors (Lipinski definition) is 6. The van der Waals surface area contributed by atoms with Gasteiger partial charge in [0.15, 0.2) is 0 Å². The molecule has 1 aliphatic heterocycles. The summed E-state index contributed by atoms with van der Waals surface area (Å²) in [7, 11) is -1.70. The minimum atomic E-state index is -3.34. The van der Waals surface area contributed by atoms with Crippen LogP contribution in [0, 0.1) is 0 Å². The summed E-state index contributed by atoms with van der Waals surface area (Å²) in [5.74, 6) is 1.62. The molecule has 1 fully saturated rings. The van der Waals surface area contributed by atoms with E-state index in [1.54, 1.807) is 17.7 Å². The minimum Gasteiger partial charge on any atom is -0.497 e. The molecule has 0 N–H and O–H groups in total. The molecule has 0 saturated carbocycles. The smallest absolute Gasteiger partial charge is 0.218 e. The molecule has 0 amide bonds. The summed E-state index contributed by atoms with van der Waals surface area (Å²) in [6.45, 7) is 2.06. The molecule has 8 heteroatoms. The first-order valence-corrected chi connectivity index (χ1v) is 11.4. The maximum absolute atomic E-state index is 12.8. The van der Waals surface area contributed by atoms with Gasteiger partial charge in [0.05, 0.1) is 18.6 Å². The van der Waals surface area contributed by atoms with Gasteiger partial charge in [-0.3, -0.25) is 0 Å². The number of benzene rings is 2. The SMILES string of the molecule is COc1ccc(-c2cc(N3CCN(S(=O)(=O)Cc4ccccc4)CC3)ncn2)cc1. The van der Waals surface area contributed by atoms with Gasteiger partial charge in [-0.15, -0.1) is 0 Å². The third-order valence-electron chi connectivity index (χ3n) is 5.19. The van der Waals surface area contributed by atoms with Crippen molar-refractivity contribution in [2.75, 3.05) is 38.2 Å². The fourth-order valence-electron chi connectivity index (χ4n) is 3.51. The average Bonchev–Trinajstić information content (AvgIpc) is 2.80. The van der Waals surface area contributed by atoms with Crippen LogP contribution in [0.2, 0.25) is 0 Å². The Hall–Kier alpha value is -2.97. The van der Waals surface area contributed by atoms with Crippen LogP contribution in [0.3, 0.4) is 0 Å². The minimum absolute atomic E-state index is 0.0307. The van der Waals surface area contributed by atoms with Crippen LogP contribution in [0.15, 0.2) is 67.0 Å². The molecule has 1 aromatic heterocycles. The number of methoxy groups -OCH3 is 1. The van der Waals surface area contributed by atoms with E-state index in [1.807, 2.05) is 60.7 Å². The van der Waals surface area contributed by atoms with Gasteiger partial charge >= 0.3 is 0 Å². The molecule has 1 saturated heterocycles. The highest BCUT2D eigenvalue weighted by atomic mass is 32.2. The first kappa shape index (κ1) is 20.3. The van der Waals surface area contributed by atoms with E-state index in [0.29, 0.717) is 26.2 Å². The van der Waals surface area contributed by atoms with Crippen molar-refractivity contribution in [2.45, 2.75) is 5.75 Å². The zero-order chi connectivity index (χ0) is 21.0. The van der Waals surface area contributed by atoms with Crippen molar-refractivity contribution >= 4 is 15.8 Å². The van der Waals surface area contributed by atoms with E-state index in [-0.39, 0.29) is 5.75 Å². The number of aromatic nitrogens is 2. The molecule has 0 radical (unpaired) electrons. The Labute approximate surface area is 177 Å². The molecular formula is C22H24N4O3S. The molecule has 0 spiro atoms. The van der Waals surface area contributed by atoms with Gasteiger partial charge in [-0.25, -0.2) is 18.4 Å². The van der Waals surface area contributed by atoms with Crippen LogP contribution in [-0.4, -0.2) is 56.0 Å². The molecule has 0 atom stereocenters. The van der Waals surface area contributed by atoms with Gasteiger partial charge in [-0.05, 0) is 29.8 Å². The highest BCUT2D eigenvalue weighted by molar-refractivity contribution is 7.88. The summed E-state index contributed by atoms with van der Waals surface area (Å²) < 4.78 is 32.3. The molecule has 30 heavy (non-hydrogen) atoms. The van der Waals surface area contributed by atoms with Crippen LogP contribution in [-0.2, 0) is 15.8 Å². The summed E-state index contributed by atoms with van der Waals surface area (Å²) in [6, 6.07) is 18.9. The number of piperazine rings is 1. The lowest BCUT2D eigenvalue weighted by Crippen LogP contribution is -2.49. The Balaban J connectivity index is 1.42. The Morgan fingerprint density at radius 2 is 1.63 bits per heavy atom. The first-order chi connectivity index (χ1) is 14.5. The summed E-state index contributed by atoms with van der Waals surface area (Å²) >= 11 is 0. The molecule has 0 aliphatic carbocycles. The van der Waals surface area contributed by atoms with Crippen molar-refractivity contribution in [2.24, 2.45) is 0 Å². The maximum atomic E-state index is 12.8. The highest BCUT2D eigenvalue weighted by Crippen LogP contribution is 2.24. The second-order valence-electron chi connectivity index (χ2n) is 7.12. The van der Waals surface area contributed by atoms with Crippen LogP contribution >= 0.6 is 0 Å². The van der Waals surface area contributed by atoms with E-state index >= 15 is 0 Å². The van der Waals surface area contributed by atoms with Crippen LogP contribution in [0.1, 0.15) is 5.56 Å². The number of anilines is 1. The third kappa shape index (κ3) is 4.60. The van der Waals surface area contributed by atoms with Gasteiger partial charge in [0.1, 0.15) is 17.9 Å². The van der Waals surface area contributed by atoms with E-state index < -0.39 is 10.0 Å². The summed E-state index contributed by atoms with van der Waals surface area (Å²) in [6.07, 6.45) is 1.55. The summed E-state index contributed by atoms with van der Waals surface area (Å²) in [4.78, 5) is 10.9. The molecule has 1 aliphatic rings. The molecule has 156 valence electrons. The molecule has 2 aromatic carbocycles. The fraction of sp³-hybridized carbons (Fsp3) is 0.273. The van der Waals surface area contributed by atoms with Crippen LogP contribution in [0.4, 0.5) is 5.82 Å². The molecular weight excluding hydrogens is 400 g/mol. The number of nitrogens with zero attached hydrogens (tertiary/aromatic N) is 4. The summed E-state index contributed by atoms with van der Waals surface area (Å²) in [5, 5.41) is 0. The molecule has 0 unspecified atom stereocenters. The van der Waals surface area contributed by atoms with Gasteiger partial charge in [0.25, 0.3) is 0 Å². The molecule has 3 aromatic rings. The van der Waals surface area contributed by atoms with E-state index in [4.69, 9.17) is 4.74 Å². The largest absolute Gasteiger partial charge is 0.497 e. The average molecular weight is 425 g/mol. The van der Waals surface area contributed by atoms with Crippen molar-refractivity contribution in [3.05, 3.63) is 72.6 Å². The van der Waals surface area contributed by atoms with Crippen molar-refractivity contribution in [1.29, 1.82) is 0 Å².